The lowest BCUT2D eigenvalue weighted by Gasteiger charge is -2.20. The van der Waals surface area contributed by atoms with Crippen LogP contribution in [-0.4, -0.2) is 7.05 Å². The van der Waals surface area contributed by atoms with E-state index in [1.165, 1.54) is 18.2 Å². The van der Waals surface area contributed by atoms with Gasteiger partial charge in [-0.2, -0.15) is 0 Å². The summed E-state index contributed by atoms with van der Waals surface area (Å²) in [5.74, 6) is -1.75. The summed E-state index contributed by atoms with van der Waals surface area (Å²) < 4.78 is 40.4. The molecule has 2 aromatic rings. The van der Waals surface area contributed by atoms with E-state index >= 15 is 0 Å². The van der Waals surface area contributed by atoms with Gasteiger partial charge in [-0.25, -0.2) is 13.2 Å². The van der Waals surface area contributed by atoms with Crippen LogP contribution in [0.3, 0.4) is 0 Å². The average molecular weight is 300 g/mol. The summed E-state index contributed by atoms with van der Waals surface area (Å²) in [4.78, 5) is 0. The van der Waals surface area contributed by atoms with Crippen molar-refractivity contribution in [3.8, 4) is 0 Å². The fourth-order valence-corrected chi connectivity index (χ4v) is 2.39. The molecule has 1 nitrogen and oxygen atoms in total. The molecular formula is C15H13ClF3N. The van der Waals surface area contributed by atoms with Crippen molar-refractivity contribution >= 4 is 11.6 Å². The van der Waals surface area contributed by atoms with Gasteiger partial charge in [-0.1, -0.05) is 17.7 Å². The van der Waals surface area contributed by atoms with E-state index < -0.39 is 23.5 Å². The molecule has 0 saturated heterocycles. The predicted molar refractivity (Wildman–Crippen MR) is 73.4 cm³/mol. The quantitative estimate of drug-likeness (QED) is 0.887. The Morgan fingerprint density at radius 2 is 1.70 bits per heavy atom. The van der Waals surface area contributed by atoms with Crippen molar-refractivity contribution in [3.63, 3.8) is 0 Å². The lowest BCUT2D eigenvalue weighted by molar-refractivity contribution is 0.547. The van der Waals surface area contributed by atoms with Crippen LogP contribution in [0.2, 0.25) is 5.02 Å². The zero-order valence-corrected chi connectivity index (χ0v) is 11.7. The molecular weight excluding hydrogens is 287 g/mol. The largest absolute Gasteiger partial charge is 0.309 e. The molecule has 0 aromatic heterocycles. The first-order chi connectivity index (χ1) is 9.43. The third kappa shape index (κ3) is 2.81. The van der Waals surface area contributed by atoms with Crippen LogP contribution in [0.25, 0.3) is 0 Å². The topological polar surface area (TPSA) is 12.0 Å². The molecule has 0 fully saturated rings. The Balaban J connectivity index is 2.55. The third-order valence-electron chi connectivity index (χ3n) is 3.15. The molecule has 0 saturated carbocycles. The third-order valence-corrected chi connectivity index (χ3v) is 3.48. The van der Waals surface area contributed by atoms with Crippen molar-refractivity contribution in [1.29, 1.82) is 0 Å². The number of nitrogens with one attached hydrogen (secondary N) is 1. The van der Waals surface area contributed by atoms with Gasteiger partial charge in [0.1, 0.15) is 17.5 Å². The minimum Gasteiger partial charge on any atom is -0.309 e. The normalized spacial score (nSPS) is 12.5. The van der Waals surface area contributed by atoms with Gasteiger partial charge in [0.2, 0.25) is 0 Å². The Kier molecular flexibility index (Phi) is 4.35. The summed E-state index contributed by atoms with van der Waals surface area (Å²) in [6, 6.07) is 5.58. The zero-order chi connectivity index (χ0) is 14.9. The molecule has 0 heterocycles. The van der Waals surface area contributed by atoms with Crippen molar-refractivity contribution in [3.05, 3.63) is 69.5 Å². The standard InChI is InChI=1S/C15H13ClF3N/c1-8-5-11(14(19)7-13(8)18)15(20-2)10-4-3-9(17)6-12(10)16/h3-7,15,20H,1-2H3. The van der Waals surface area contributed by atoms with Gasteiger partial charge in [0.25, 0.3) is 0 Å². The van der Waals surface area contributed by atoms with Crippen LogP contribution in [0.5, 0.6) is 0 Å². The lowest BCUT2D eigenvalue weighted by Crippen LogP contribution is -2.20. The molecule has 106 valence electrons. The molecule has 1 atom stereocenters. The molecule has 0 aliphatic carbocycles. The van der Waals surface area contributed by atoms with E-state index in [2.05, 4.69) is 5.32 Å². The molecule has 0 amide bonds. The second-order valence-electron chi connectivity index (χ2n) is 4.51. The van der Waals surface area contributed by atoms with Gasteiger partial charge in [0.05, 0.1) is 6.04 Å². The molecule has 2 rings (SSSR count). The molecule has 0 aliphatic heterocycles. The first-order valence-electron chi connectivity index (χ1n) is 6.01. The van der Waals surface area contributed by atoms with Crippen LogP contribution in [0.4, 0.5) is 13.2 Å². The molecule has 2 aromatic carbocycles. The zero-order valence-electron chi connectivity index (χ0n) is 11.0. The molecule has 1 unspecified atom stereocenters. The average Bonchev–Trinajstić information content (AvgIpc) is 2.38. The summed E-state index contributed by atoms with van der Waals surface area (Å²) in [5, 5.41) is 3.10. The first kappa shape index (κ1) is 14.9. The van der Waals surface area contributed by atoms with Crippen molar-refractivity contribution in [1.82, 2.24) is 5.32 Å². The molecule has 0 spiro atoms. The Hall–Kier alpha value is -1.52. The van der Waals surface area contributed by atoms with E-state index in [1.807, 2.05) is 0 Å². The van der Waals surface area contributed by atoms with E-state index in [-0.39, 0.29) is 10.6 Å². The Labute approximate surface area is 120 Å². The second kappa shape index (κ2) is 5.85. The minimum atomic E-state index is -0.673. The summed E-state index contributed by atoms with van der Waals surface area (Å²) in [7, 11) is 1.63. The van der Waals surface area contributed by atoms with E-state index in [9.17, 15) is 13.2 Å². The van der Waals surface area contributed by atoms with E-state index in [0.717, 1.165) is 12.1 Å². The Morgan fingerprint density at radius 1 is 1.00 bits per heavy atom. The summed E-state index contributed by atoms with van der Waals surface area (Å²) in [6.45, 7) is 1.55. The molecule has 0 aliphatic rings. The van der Waals surface area contributed by atoms with E-state index in [1.54, 1.807) is 14.0 Å². The summed E-state index contributed by atoms with van der Waals surface area (Å²) in [5.41, 5.74) is 1.13. The van der Waals surface area contributed by atoms with Gasteiger partial charge >= 0.3 is 0 Å². The van der Waals surface area contributed by atoms with Crippen LogP contribution >= 0.6 is 11.6 Å². The van der Waals surface area contributed by atoms with Gasteiger partial charge < -0.3 is 5.32 Å². The predicted octanol–water partition coefficient (Wildman–Crippen LogP) is 4.37. The van der Waals surface area contributed by atoms with Crippen LogP contribution < -0.4 is 5.32 Å². The maximum absolute atomic E-state index is 14.0. The smallest absolute Gasteiger partial charge is 0.131 e. The Bertz CT molecular complexity index is 643. The van der Waals surface area contributed by atoms with E-state index in [4.69, 9.17) is 11.6 Å². The van der Waals surface area contributed by atoms with Crippen LogP contribution in [0.1, 0.15) is 22.7 Å². The highest BCUT2D eigenvalue weighted by Crippen LogP contribution is 2.31. The van der Waals surface area contributed by atoms with Crippen molar-refractivity contribution in [2.45, 2.75) is 13.0 Å². The molecule has 0 radical (unpaired) electrons. The number of hydrogen-bond acceptors (Lipinski definition) is 1. The fraction of sp³-hybridized carbons (Fsp3) is 0.200. The van der Waals surface area contributed by atoms with Crippen LogP contribution in [0.15, 0.2) is 30.3 Å². The molecule has 0 bridgehead atoms. The highest BCUT2D eigenvalue weighted by Gasteiger charge is 2.20. The van der Waals surface area contributed by atoms with Crippen LogP contribution in [-0.2, 0) is 0 Å². The number of hydrogen-bond donors (Lipinski definition) is 1. The SMILES string of the molecule is CNC(c1cc(C)c(F)cc1F)c1ccc(F)cc1Cl. The summed E-state index contributed by atoms with van der Waals surface area (Å²) >= 11 is 6.00. The lowest BCUT2D eigenvalue weighted by atomic mass is 9.96. The Morgan fingerprint density at radius 3 is 2.30 bits per heavy atom. The number of benzene rings is 2. The molecule has 20 heavy (non-hydrogen) atoms. The van der Waals surface area contributed by atoms with E-state index in [0.29, 0.717) is 11.1 Å². The van der Waals surface area contributed by atoms with Gasteiger partial charge in [-0.3, -0.25) is 0 Å². The number of aryl methyl sites for hydroxylation is 1. The van der Waals surface area contributed by atoms with Gasteiger partial charge in [0, 0.05) is 16.7 Å². The van der Waals surface area contributed by atoms with Crippen molar-refractivity contribution in [2.75, 3.05) is 7.05 Å². The minimum absolute atomic E-state index is 0.186. The van der Waals surface area contributed by atoms with Crippen molar-refractivity contribution in [2.24, 2.45) is 0 Å². The van der Waals surface area contributed by atoms with Gasteiger partial charge in [-0.15, -0.1) is 0 Å². The highest BCUT2D eigenvalue weighted by atomic mass is 35.5. The first-order valence-corrected chi connectivity index (χ1v) is 6.39. The summed E-state index contributed by atoms with van der Waals surface area (Å²) in [6.07, 6.45) is 0. The molecule has 5 heteroatoms. The fourth-order valence-electron chi connectivity index (χ4n) is 2.11. The second-order valence-corrected chi connectivity index (χ2v) is 4.92. The van der Waals surface area contributed by atoms with Crippen LogP contribution in [0, 0.1) is 24.4 Å². The number of rotatable bonds is 3. The van der Waals surface area contributed by atoms with Crippen molar-refractivity contribution < 1.29 is 13.2 Å². The maximum atomic E-state index is 14.0. The highest BCUT2D eigenvalue weighted by molar-refractivity contribution is 6.31. The van der Waals surface area contributed by atoms with Gasteiger partial charge in [-0.05, 0) is 43.3 Å². The maximum Gasteiger partial charge on any atom is 0.131 e. The van der Waals surface area contributed by atoms with Gasteiger partial charge in [0.15, 0.2) is 0 Å². The molecule has 1 N–H and O–H groups in total. The monoisotopic (exact) mass is 299 g/mol. The number of halogens is 4.